The molecule has 1 unspecified atom stereocenters. The first-order valence-corrected chi connectivity index (χ1v) is 10.3. The Morgan fingerprint density at radius 1 is 1.26 bits per heavy atom. The van der Waals surface area contributed by atoms with Crippen LogP contribution in [0.2, 0.25) is 5.02 Å². The van der Waals surface area contributed by atoms with Crippen molar-refractivity contribution >= 4 is 17.5 Å². The minimum atomic E-state index is -0.226. The number of methoxy groups -OCH3 is 2. The van der Waals surface area contributed by atoms with Crippen LogP contribution in [0, 0.1) is 6.92 Å². The summed E-state index contributed by atoms with van der Waals surface area (Å²) in [7, 11) is 5.06. The first-order chi connectivity index (χ1) is 14.9. The third-order valence-corrected chi connectivity index (χ3v) is 5.69. The molecule has 0 aliphatic carbocycles. The second-order valence-electron chi connectivity index (χ2n) is 7.46. The topological polar surface area (TPSA) is 74.6 Å². The summed E-state index contributed by atoms with van der Waals surface area (Å²) in [5.41, 5.74) is 4.09. The number of carbonyl (C=O) groups is 1. The zero-order valence-electron chi connectivity index (χ0n) is 17.9. The Morgan fingerprint density at radius 2 is 2.06 bits per heavy atom. The van der Waals surface area contributed by atoms with Gasteiger partial charge in [-0.1, -0.05) is 11.6 Å². The monoisotopic (exact) mass is 441 g/mol. The lowest BCUT2D eigenvalue weighted by Crippen LogP contribution is -2.34. The largest absolute Gasteiger partial charge is 0.497 e. The number of nitrogens with zero attached hydrogens (tertiary/aromatic N) is 2. The number of amides is 1. The highest BCUT2D eigenvalue weighted by atomic mass is 35.5. The summed E-state index contributed by atoms with van der Waals surface area (Å²) in [5.74, 6) is 1.88. The van der Waals surface area contributed by atoms with Gasteiger partial charge in [0.2, 0.25) is 0 Å². The predicted octanol–water partition coefficient (Wildman–Crippen LogP) is 3.80. The Labute approximate surface area is 185 Å². The molecule has 0 fully saturated rings. The number of benzene rings is 2. The van der Waals surface area contributed by atoms with Crippen LogP contribution in [0.3, 0.4) is 0 Å². The molecule has 162 valence electrons. The molecule has 31 heavy (non-hydrogen) atoms. The summed E-state index contributed by atoms with van der Waals surface area (Å²) in [4.78, 5) is 12.4. The van der Waals surface area contributed by atoms with E-state index in [1.807, 2.05) is 37.3 Å². The van der Waals surface area contributed by atoms with Gasteiger partial charge in [-0.25, -0.2) is 0 Å². The van der Waals surface area contributed by atoms with Crippen LogP contribution in [0.15, 0.2) is 36.4 Å². The fourth-order valence-corrected chi connectivity index (χ4v) is 3.95. The highest BCUT2D eigenvalue weighted by Crippen LogP contribution is 2.42. The molecule has 0 radical (unpaired) electrons. The quantitative estimate of drug-likeness (QED) is 0.629. The number of halogens is 1. The fraction of sp³-hybridized carbons (Fsp3) is 0.304. The molecule has 2 heterocycles. The average molecular weight is 442 g/mol. The van der Waals surface area contributed by atoms with E-state index in [9.17, 15) is 4.79 Å². The van der Waals surface area contributed by atoms with Gasteiger partial charge >= 0.3 is 0 Å². The number of ether oxygens (including phenoxy) is 3. The zero-order valence-corrected chi connectivity index (χ0v) is 18.6. The van der Waals surface area contributed by atoms with Gasteiger partial charge in [-0.05, 0) is 48.9 Å². The smallest absolute Gasteiger partial charge is 0.271 e. The van der Waals surface area contributed by atoms with Crippen molar-refractivity contribution in [3.05, 3.63) is 58.4 Å². The van der Waals surface area contributed by atoms with Gasteiger partial charge < -0.3 is 19.5 Å². The third-order valence-electron chi connectivity index (χ3n) is 5.41. The number of aryl methyl sites for hydroxylation is 2. The predicted molar refractivity (Wildman–Crippen MR) is 118 cm³/mol. The number of carbonyl (C=O) groups excluding carboxylic acids is 1. The summed E-state index contributed by atoms with van der Waals surface area (Å²) in [6.07, 6.45) is 0.431. The van der Waals surface area contributed by atoms with Crippen molar-refractivity contribution in [2.24, 2.45) is 7.05 Å². The summed E-state index contributed by atoms with van der Waals surface area (Å²) in [5, 5.41) is 7.62. The molecule has 4 rings (SSSR count). The van der Waals surface area contributed by atoms with Gasteiger partial charge in [0.1, 0.15) is 29.0 Å². The standard InChI is InChI=1S/C23H24ClN3O4/c1-13-7-20(26-27(13)2)23(28)25-12-17-9-15-8-14(10-19(24)22(15)31-17)18-11-16(29-3)5-6-21(18)30-4/h5-8,10-11,17H,9,12H2,1-4H3,(H,25,28). The van der Waals surface area contributed by atoms with Gasteiger partial charge in [0, 0.05) is 30.3 Å². The highest BCUT2D eigenvalue weighted by Gasteiger charge is 2.27. The molecule has 8 heteroatoms. The maximum absolute atomic E-state index is 12.4. The van der Waals surface area contributed by atoms with Crippen molar-refractivity contribution in [3.8, 4) is 28.4 Å². The Hall–Kier alpha value is -3.19. The van der Waals surface area contributed by atoms with Crippen LogP contribution in [-0.2, 0) is 13.5 Å². The van der Waals surface area contributed by atoms with E-state index in [4.69, 9.17) is 25.8 Å². The lowest BCUT2D eigenvalue weighted by molar-refractivity contribution is 0.0928. The number of aromatic nitrogens is 2. The summed E-state index contributed by atoms with van der Waals surface area (Å²) in [6, 6.07) is 11.3. The number of hydrogen-bond donors (Lipinski definition) is 1. The minimum Gasteiger partial charge on any atom is -0.497 e. The van der Waals surface area contributed by atoms with E-state index in [0.29, 0.717) is 29.4 Å². The van der Waals surface area contributed by atoms with Crippen LogP contribution in [0.1, 0.15) is 21.7 Å². The number of nitrogens with one attached hydrogen (secondary N) is 1. The van der Waals surface area contributed by atoms with Gasteiger partial charge in [-0.2, -0.15) is 5.10 Å². The first-order valence-electron chi connectivity index (χ1n) is 9.90. The zero-order chi connectivity index (χ0) is 22.1. The third kappa shape index (κ3) is 4.18. The molecule has 3 aromatic rings. The number of rotatable bonds is 6. The molecule has 1 aliphatic rings. The fourth-order valence-electron chi connectivity index (χ4n) is 3.67. The summed E-state index contributed by atoms with van der Waals surface area (Å²) in [6.45, 7) is 2.26. The van der Waals surface area contributed by atoms with Crippen molar-refractivity contribution in [1.82, 2.24) is 15.1 Å². The van der Waals surface area contributed by atoms with Crippen molar-refractivity contribution < 1.29 is 19.0 Å². The molecule has 0 spiro atoms. The normalized spacial score (nSPS) is 14.7. The molecule has 2 aromatic carbocycles. The minimum absolute atomic E-state index is 0.205. The molecule has 1 N–H and O–H groups in total. The van der Waals surface area contributed by atoms with Crippen LogP contribution in [0.5, 0.6) is 17.2 Å². The van der Waals surface area contributed by atoms with E-state index in [1.165, 1.54) is 0 Å². The lowest BCUT2D eigenvalue weighted by Gasteiger charge is -2.13. The highest BCUT2D eigenvalue weighted by molar-refractivity contribution is 6.32. The Balaban J connectivity index is 1.51. The average Bonchev–Trinajstić information content (AvgIpc) is 3.34. The van der Waals surface area contributed by atoms with Gasteiger partial charge in [0.25, 0.3) is 5.91 Å². The van der Waals surface area contributed by atoms with Crippen molar-refractivity contribution in [1.29, 1.82) is 0 Å². The van der Waals surface area contributed by atoms with E-state index in [2.05, 4.69) is 10.4 Å². The van der Waals surface area contributed by atoms with E-state index in [1.54, 1.807) is 32.0 Å². The van der Waals surface area contributed by atoms with Crippen molar-refractivity contribution in [2.45, 2.75) is 19.4 Å². The molecule has 7 nitrogen and oxygen atoms in total. The Morgan fingerprint density at radius 3 is 2.74 bits per heavy atom. The van der Waals surface area contributed by atoms with E-state index in [-0.39, 0.29) is 12.0 Å². The van der Waals surface area contributed by atoms with Crippen molar-refractivity contribution in [2.75, 3.05) is 20.8 Å². The van der Waals surface area contributed by atoms with Crippen molar-refractivity contribution in [3.63, 3.8) is 0 Å². The molecule has 1 amide bonds. The SMILES string of the molecule is COc1ccc(OC)c(-c2cc(Cl)c3c(c2)CC(CNC(=O)c2cc(C)n(C)n2)O3)c1. The van der Waals surface area contributed by atoms with Gasteiger partial charge in [0.05, 0.1) is 25.8 Å². The van der Waals surface area contributed by atoms with Crippen LogP contribution in [-0.4, -0.2) is 42.6 Å². The number of fused-ring (bicyclic) bond motifs is 1. The molecule has 1 aliphatic heterocycles. The molecular weight excluding hydrogens is 418 g/mol. The molecule has 1 aromatic heterocycles. The van der Waals surface area contributed by atoms with Crippen LogP contribution >= 0.6 is 11.6 Å². The van der Waals surface area contributed by atoms with E-state index in [0.717, 1.165) is 33.9 Å². The summed E-state index contributed by atoms with van der Waals surface area (Å²) < 4.78 is 18.6. The summed E-state index contributed by atoms with van der Waals surface area (Å²) >= 11 is 6.54. The van der Waals surface area contributed by atoms with E-state index >= 15 is 0 Å². The van der Waals surface area contributed by atoms with Gasteiger partial charge in [-0.15, -0.1) is 0 Å². The van der Waals surface area contributed by atoms with Crippen LogP contribution < -0.4 is 19.5 Å². The van der Waals surface area contributed by atoms with Crippen LogP contribution in [0.4, 0.5) is 0 Å². The van der Waals surface area contributed by atoms with Crippen LogP contribution in [0.25, 0.3) is 11.1 Å². The van der Waals surface area contributed by atoms with Gasteiger partial charge in [-0.3, -0.25) is 9.48 Å². The molecule has 0 saturated carbocycles. The van der Waals surface area contributed by atoms with E-state index < -0.39 is 0 Å². The first kappa shape index (κ1) is 21.1. The molecule has 0 bridgehead atoms. The van der Waals surface area contributed by atoms with Gasteiger partial charge in [0.15, 0.2) is 0 Å². The second-order valence-corrected chi connectivity index (χ2v) is 7.87. The number of hydrogen-bond acceptors (Lipinski definition) is 5. The lowest BCUT2D eigenvalue weighted by atomic mass is 9.99. The molecule has 1 atom stereocenters. The Bertz CT molecular complexity index is 1120. The second kappa shape index (κ2) is 8.51. The Kier molecular flexibility index (Phi) is 5.78. The maximum atomic E-state index is 12.4. The molecule has 0 saturated heterocycles. The molecular formula is C23H24ClN3O4. The maximum Gasteiger partial charge on any atom is 0.271 e.